The van der Waals surface area contributed by atoms with E-state index in [0.29, 0.717) is 18.8 Å². The second-order valence-electron chi connectivity index (χ2n) is 7.30. The van der Waals surface area contributed by atoms with Gasteiger partial charge in [-0.2, -0.15) is 4.31 Å². The van der Waals surface area contributed by atoms with Gasteiger partial charge in [0, 0.05) is 39.2 Å². The standard InChI is InChI=1S/C20H24N4O7S/c1-13-11-18(22-31-13)21-19(26)14(2)30-20(27)16-5-4-6-17(12-16)32(28,29)24-9-7-23(8-10-24)15(3)25/h4-6,11-12,14H,7-10H2,1-3H3,(H,21,22,26)/t14-/m0/s1. The van der Waals surface area contributed by atoms with Gasteiger partial charge in [0.1, 0.15) is 5.76 Å². The van der Waals surface area contributed by atoms with Crippen LogP contribution in [0.1, 0.15) is 30.0 Å². The summed E-state index contributed by atoms with van der Waals surface area (Å²) in [7, 11) is -3.86. The topological polar surface area (TPSA) is 139 Å². The number of rotatable bonds is 6. The molecule has 0 unspecified atom stereocenters. The molecule has 172 valence electrons. The van der Waals surface area contributed by atoms with E-state index in [0.717, 1.165) is 0 Å². The average Bonchev–Trinajstić information content (AvgIpc) is 3.18. The van der Waals surface area contributed by atoms with Crippen LogP contribution in [0.3, 0.4) is 0 Å². The first-order valence-electron chi connectivity index (χ1n) is 9.89. The molecule has 1 atom stereocenters. The van der Waals surface area contributed by atoms with Crippen LogP contribution < -0.4 is 5.32 Å². The van der Waals surface area contributed by atoms with Crippen molar-refractivity contribution in [1.82, 2.24) is 14.4 Å². The SMILES string of the molecule is CC(=O)N1CCN(S(=O)(=O)c2cccc(C(=O)O[C@@H](C)C(=O)Nc3cc(C)on3)c2)CC1. The average molecular weight is 465 g/mol. The van der Waals surface area contributed by atoms with Crippen LogP contribution in [0.15, 0.2) is 39.8 Å². The highest BCUT2D eigenvalue weighted by molar-refractivity contribution is 7.89. The molecule has 0 spiro atoms. The molecule has 1 aliphatic rings. The first-order chi connectivity index (χ1) is 15.1. The van der Waals surface area contributed by atoms with Crippen LogP contribution in [0.25, 0.3) is 0 Å². The number of aromatic nitrogens is 1. The van der Waals surface area contributed by atoms with Crippen LogP contribution in [-0.4, -0.2) is 72.8 Å². The van der Waals surface area contributed by atoms with E-state index in [1.165, 1.54) is 48.5 Å². The molecule has 1 N–H and O–H groups in total. The molecular formula is C20H24N4O7S. The number of anilines is 1. The molecule has 1 aliphatic heterocycles. The molecule has 1 aromatic carbocycles. The van der Waals surface area contributed by atoms with Gasteiger partial charge in [-0.1, -0.05) is 11.2 Å². The number of sulfonamides is 1. The largest absolute Gasteiger partial charge is 0.449 e. The van der Waals surface area contributed by atoms with Gasteiger partial charge in [-0.3, -0.25) is 9.59 Å². The number of carbonyl (C=O) groups excluding carboxylic acids is 3. The Morgan fingerprint density at radius 3 is 2.44 bits per heavy atom. The van der Waals surface area contributed by atoms with E-state index in [1.807, 2.05) is 0 Å². The molecule has 1 saturated heterocycles. The van der Waals surface area contributed by atoms with E-state index in [1.54, 1.807) is 11.8 Å². The molecule has 12 heteroatoms. The van der Waals surface area contributed by atoms with E-state index in [4.69, 9.17) is 9.26 Å². The fourth-order valence-electron chi connectivity index (χ4n) is 3.11. The van der Waals surface area contributed by atoms with Crippen molar-refractivity contribution in [3.05, 3.63) is 41.7 Å². The third kappa shape index (κ3) is 5.32. The number of esters is 1. The van der Waals surface area contributed by atoms with Crippen molar-refractivity contribution in [2.45, 2.75) is 31.8 Å². The van der Waals surface area contributed by atoms with Crippen LogP contribution >= 0.6 is 0 Å². The molecule has 3 rings (SSSR count). The summed E-state index contributed by atoms with van der Waals surface area (Å²) >= 11 is 0. The van der Waals surface area contributed by atoms with Crippen molar-refractivity contribution in [3.8, 4) is 0 Å². The molecule has 1 aromatic heterocycles. The number of nitrogens with one attached hydrogen (secondary N) is 1. The Kier molecular flexibility index (Phi) is 6.94. The quantitative estimate of drug-likeness (QED) is 0.625. The summed E-state index contributed by atoms with van der Waals surface area (Å²) in [5, 5.41) is 6.09. The van der Waals surface area contributed by atoms with Gasteiger partial charge in [0.15, 0.2) is 11.9 Å². The molecule has 0 radical (unpaired) electrons. The van der Waals surface area contributed by atoms with Crippen molar-refractivity contribution in [2.75, 3.05) is 31.5 Å². The summed E-state index contributed by atoms with van der Waals surface area (Å²) in [5.41, 5.74) is -0.00891. The maximum absolute atomic E-state index is 13.0. The zero-order valence-corrected chi connectivity index (χ0v) is 18.7. The molecule has 0 saturated carbocycles. The number of carbonyl (C=O) groups is 3. The fourth-order valence-corrected chi connectivity index (χ4v) is 4.58. The summed E-state index contributed by atoms with van der Waals surface area (Å²) in [6, 6.07) is 6.93. The van der Waals surface area contributed by atoms with Crippen LogP contribution in [0.4, 0.5) is 5.82 Å². The number of hydrogen-bond acceptors (Lipinski definition) is 8. The van der Waals surface area contributed by atoms with Crippen LogP contribution in [0.2, 0.25) is 0 Å². The first-order valence-corrected chi connectivity index (χ1v) is 11.3. The summed E-state index contributed by atoms with van der Waals surface area (Å²) < 4.78 is 37.2. The third-order valence-corrected chi connectivity index (χ3v) is 6.82. The van der Waals surface area contributed by atoms with Gasteiger partial charge >= 0.3 is 5.97 Å². The molecule has 2 amide bonds. The van der Waals surface area contributed by atoms with Crippen LogP contribution in [0.5, 0.6) is 0 Å². The van der Waals surface area contributed by atoms with Gasteiger partial charge in [-0.05, 0) is 32.0 Å². The Labute approximate surface area is 185 Å². The number of hydrogen-bond donors (Lipinski definition) is 1. The lowest BCUT2D eigenvalue weighted by Gasteiger charge is -2.33. The molecule has 1 fully saturated rings. The molecule has 0 aliphatic carbocycles. The third-order valence-electron chi connectivity index (χ3n) is 4.92. The van der Waals surface area contributed by atoms with Crippen molar-refractivity contribution in [2.24, 2.45) is 0 Å². The minimum absolute atomic E-state index is 0.00891. The van der Waals surface area contributed by atoms with Crippen LogP contribution in [0, 0.1) is 6.92 Å². The number of amides is 2. The van der Waals surface area contributed by atoms with Gasteiger partial charge in [-0.15, -0.1) is 0 Å². The smallest absolute Gasteiger partial charge is 0.338 e. The monoisotopic (exact) mass is 464 g/mol. The second-order valence-corrected chi connectivity index (χ2v) is 9.24. The lowest BCUT2D eigenvalue weighted by Crippen LogP contribution is -2.49. The normalized spacial score (nSPS) is 15.8. The number of piperazine rings is 1. The first kappa shape index (κ1) is 23.4. The van der Waals surface area contributed by atoms with E-state index < -0.39 is 28.0 Å². The number of benzene rings is 1. The summed E-state index contributed by atoms with van der Waals surface area (Å²) in [6.45, 7) is 5.41. The highest BCUT2D eigenvalue weighted by Gasteiger charge is 2.30. The molecule has 2 aromatic rings. The van der Waals surface area contributed by atoms with Crippen molar-refractivity contribution in [3.63, 3.8) is 0 Å². The molecular weight excluding hydrogens is 440 g/mol. The highest BCUT2D eigenvalue weighted by atomic mass is 32.2. The molecule has 32 heavy (non-hydrogen) atoms. The van der Waals surface area contributed by atoms with Gasteiger partial charge in [0.25, 0.3) is 5.91 Å². The Bertz CT molecular complexity index is 1120. The van der Waals surface area contributed by atoms with Gasteiger partial charge < -0.3 is 19.5 Å². The molecule has 0 bridgehead atoms. The lowest BCUT2D eigenvalue weighted by atomic mass is 10.2. The maximum atomic E-state index is 13.0. The minimum Gasteiger partial charge on any atom is -0.449 e. The molecule has 11 nitrogen and oxygen atoms in total. The summed E-state index contributed by atoms with van der Waals surface area (Å²) in [6.07, 6.45) is -1.15. The number of nitrogens with zero attached hydrogens (tertiary/aromatic N) is 3. The Morgan fingerprint density at radius 1 is 1.16 bits per heavy atom. The van der Waals surface area contributed by atoms with E-state index in [2.05, 4.69) is 10.5 Å². The zero-order valence-electron chi connectivity index (χ0n) is 17.9. The van der Waals surface area contributed by atoms with Gasteiger partial charge in [0.05, 0.1) is 10.5 Å². The van der Waals surface area contributed by atoms with E-state index in [9.17, 15) is 22.8 Å². The predicted octanol–water partition coefficient (Wildman–Crippen LogP) is 1.02. The van der Waals surface area contributed by atoms with Crippen LogP contribution in [-0.2, 0) is 24.3 Å². The van der Waals surface area contributed by atoms with E-state index in [-0.39, 0.29) is 35.3 Å². The predicted molar refractivity (Wildman–Crippen MR) is 112 cm³/mol. The zero-order chi connectivity index (χ0) is 23.5. The fraction of sp³-hybridized carbons (Fsp3) is 0.400. The Hall–Kier alpha value is -3.25. The summed E-state index contributed by atoms with van der Waals surface area (Å²) in [5.74, 6) is -0.871. The Balaban J connectivity index is 1.66. The minimum atomic E-state index is -3.86. The Morgan fingerprint density at radius 2 is 1.84 bits per heavy atom. The van der Waals surface area contributed by atoms with Crippen molar-refractivity contribution < 1.29 is 32.1 Å². The summed E-state index contributed by atoms with van der Waals surface area (Å²) in [4.78, 5) is 37.7. The van der Waals surface area contributed by atoms with Gasteiger partial charge in [-0.25, -0.2) is 13.2 Å². The van der Waals surface area contributed by atoms with Crippen molar-refractivity contribution in [1.29, 1.82) is 0 Å². The highest BCUT2D eigenvalue weighted by Crippen LogP contribution is 2.20. The van der Waals surface area contributed by atoms with Crippen molar-refractivity contribution >= 4 is 33.6 Å². The maximum Gasteiger partial charge on any atom is 0.338 e. The number of ether oxygens (including phenoxy) is 1. The van der Waals surface area contributed by atoms with Gasteiger partial charge in [0.2, 0.25) is 15.9 Å². The molecule has 2 heterocycles. The lowest BCUT2D eigenvalue weighted by molar-refractivity contribution is -0.130. The second kappa shape index (κ2) is 9.49. The number of aryl methyl sites for hydroxylation is 1. The van der Waals surface area contributed by atoms with E-state index >= 15 is 0 Å².